The third-order valence-corrected chi connectivity index (χ3v) is 2.52. The summed E-state index contributed by atoms with van der Waals surface area (Å²) in [4.78, 5) is 0. The van der Waals surface area contributed by atoms with E-state index in [1.54, 1.807) is 30.9 Å². The molecule has 67 valence electrons. The van der Waals surface area contributed by atoms with Crippen LogP contribution >= 0.6 is 0 Å². The molecule has 1 heterocycles. The molecule has 0 bridgehead atoms. The number of aromatic nitrogens is 2. The van der Waals surface area contributed by atoms with Crippen molar-refractivity contribution in [2.24, 2.45) is 0 Å². The highest BCUT2D eigenvalue weighted by atomic mass is 16.3. The summed E-state index contributed by atoms with van der Waals surface area (Å²) in [5.41, 5.74) is -1.21. The Kier molecular flexibility index (Phi) is 2.00. The molecule has 0 aliphatic heterocycles. The van der Waals surface area contributed by atoms with Crippen LogP contribution in [-0.4, -0.2) is 20.5 Å². The van der Waals surface area contributed by atoms with Gasteiger partial charge in [0.1, 0.15) is 0 Å². The Bertz CT molecular complexity index is 244. The molecule has 1 rings (SSSR count). The fourth-order valence-electron chi connectivity index (χ4n) is 0.819. The quantitative estimate of drug-likeness (QED) is 0.718. The lowest BCUT2D eigenvalue weighted by atomic mass is 9.86. The molecule has 12 heavy (non-hydrogen) atoms. The van der Waals surface area contributed by atoms with Gasteiger partial charge in [-0.05, 0) is 27.7 Å². The molecular formula is C9H15N2O. The van der Waals surface area contributed by atoms with Gasteiger partial charge in [-0.1, -0.05) is 0 Å². The van der Waals surface area contributed by atoms with Crippen molar-refractivity contribution in [1.82, 2.24) is 9.78 Å². The van der Waals surface area contributed by atoms with E-state index in [0.29, 0.717) is 0 Å². The molecule has 0 aliphatic carbocycles. The molecule has 0 atom stereocenters. The Labute approximate surface area is 73.0 Å². The van der Waals surface area contributed by atoms with Crippen molar-refractivity contribution in [3.63, 3.8) is 0 Å². The van der Waals surface area contributed by atoms with Crippen molar-refractivity contribution in [2.45, 2.75) is 38.8 Å². The van der Waals surface area contributed by atoms with Gasteiger partial charge in [0.05, 0.1) is 17.3 Å². The van der Waals surface area contributed by atoms with Gasteiger partial charge in [-0.2, -0.15) is 5.10 Å². The van der Waals surface area contributed by atoms with Gasteiger partial charge in [-0.3, -0.25) is 4.68 Å². The molecule has 0 saturated heterocycles. The van der Waals surface area contributed by atoms with E-state index in [9.17, 15) is 5.11 Å². The van der Waals surface area contributed by atoms with E-state index < -0.39 is 11.1 Å². The maximum absolute atomic E-state index is 9.84. The molecule has 0 aromatic carbocycles. The topological polar surface area (TPSA) is 38.0 Å². The maximum atomic E-state index is 9.84. The third-order valence-electron chi connectivity index (χ3n) is 2.52. The highest BCUT2D eigenvalue weighted by molar-refractivity contribution is 4.93. The van der Waals surface area contributed by atoms with Crippen molar-refractivity contribution < 1.29 is 5.11 Å². The summed E-state index contributed by atoms with van der Waals surface area (Å²) < 4.78 is 1.72. The highest BCUT2D eigenvalue weighted by Gasteiger charge is 2.37. The standard InChI is InChI=1S/C9H15N2O/c1-8(2,9(3,4)12)11-7-5-6-10-11/h6-7,12H,1-4H3. The molecular weight excluding hydrogens is 152 g/mol. The van der Waals surface area contributed by atoms with Crippen molar-refractivity contribution >= 4 is 0 Å². The highest BCUT2D eigenvalue weighted by Crippen LogP contribution is 2.27. The van der Waals surface area contributed by atoms with E-state index in [1.807, 2.05) is 13.8 Å². The molecule has 1 aromatic rings. The minimum Gasteiger partial charge on any atom is -0.388 e. The summed E-state index contributed by atoms with van der Waals surface area (Å²) in [6.07, 6.45) is 3.32. The summed E-state index contributed by atoms with van der Waals surface area (Å²) in [5.74, 6) is 0. The van der Waals surface area contributed by atoms with Gasteiger partial charge < -0.3 is 5.11 Å². The van der Waals surface area contributed by atoms with Gasteiger partial charge in [0.2, 0.25) is 0 Å². The summed E-state index contributed by atoms with van der Waals surface area (Å²) in [6, 6.07) is 2.85. The zero-order chi connectivity index (χ0) is 9.41. The molecule has 3 nitrogen and oxygen atoms in total. The normalized spacial score (nSPS) is 13.4. The van der Waals surface area contributed by atoms with E-state index in [-0.39, 0.29) is 0 Å². The van der Waals surface area contributed by atoms with E-state index in [2.05, 4.69) is 11.2 Å². The second kappa shape index (κ2) is 2.59. The van der Waals surface area contributed by atoms with Crippen molar-refractivity contribution in [1.29, 1.82) is 0 Å². The Hall–Kier alpha value is -0.830. The van der Waals surface area contributed by atoms with Gasteiger partial charge in [0, 0.05) is 12.3 Å². The van der Waals surface area contributed by atoms with Crippen LogP contribution in [0.15, 0.2) is 12.4 Å². The SMILES string of the molecule is CC(C)(O)C(C)(C)n1c[c]cn1. The molecule has 0 spiro atoms. The third kappa shape index (κ3) is 1.37. The summed E-state index contributed by atoms with van der Waals surface area (Å²) in [7, 11) is 0. The van der Waals surface area contributed by atoms with Crippen LogP contribution in [0.3, 0.4) is 0 Å². The predicted molar refractivity (Wildman–Crippen MR) is 46.7 cm³/mol. The molecule has 3 heteroatoms. The van der Waals surface area contributed by atoms with Crippen LogP contribution in [-0.2, 0) is 5.54 Å². The molecule has 0 fully saturated rings. The lowest BCUT2D eigenvalue weighted by Gasteiger charge is -2.37. The van der Waals surface area contributed by atoms with E-state index in [1.165, 1.54) is 0 Å². The smallest absolute Gasteiger partial charge is 0.0852 e. The number of rotatable bonds is 2. The zero-order valence-electron chi connectivity index (χ0n) is 8.00. The van der Waals surface area contributed by atoms with Gasteiger partial charge in [0.25, 0.3) is 0 Å². The number of hydrogen-bond donors (Lipinski definition) is 1. The second-order valence-corrected chi connectivity index (χ2v) is 4.00. The Balaban J connectivity index is 3.02. The summed E-state index contributed by atoms with van der Waals surface area (Å²) >= 11 is 0. The van der Waals surface area contributed by atoms with E-state index in [4.69, 9.17) is 0 Å². The minimum absolute atomic E-state index is 0.410. The average molecular weight is 167 g/mol. The average Bonchev–Trinajstić information content (AvgIpc) is 2.34. The first-order valence-electron chi connectivity index (χ1n) is 3.99. The van der Waals surface area contributed by atoms with Crippen LogP contribution in [0.4, 0.5) is 0 Å². The van der Waals surface area contributed by atoms with Crippen LogP contribution in [0.1, 0.15) is 27.7 Å². The molecule has 0 unspecified atom stereocenters. The summed E-state index contributed by atoms with van der Waals surface area (Å²) in [6.45, 7) is 7.42. The zero-order valence-corrected chi connectivity index (χ0v) is 8.00. The fraction of sp³-hybridized carbons (Fsp3) is 0.667. The van der Waals surface area contributed by atoms with Gasteiger partial charge in [-0.15, -0.1) is 0 Å². The van der Waals surface area contributed by atoms with Gasteiger partial charge in [-0.25, -0.2) is 0 Å². The van der Waals surface area contributed by atoms with Crippen LogP contribution in [0.25, 0.3) is 0 Å². The largest absolute Gasteiger partial charge is 0.388 e. The van der Waals surface area contributed by atoms with Crippen LogP contribution < -0.4 is 0 Å². The number of hydrogen-bond acceptors (Lipinski definition) is 2. The molecule has 1 aromatic heterocycles. The Morgan fingerprint density at radius 3 is 2.25 bits per heavy atom. The summed E-state index contributed by atoms with van der Waals surface area (Å²) in [5, 5.41) is 13.9. The lowest BCUT2D eigenvalue weighted by molar-refractivity contribution is -0.0323. The molecule has 0 aliphatic rings. The predicted octanol–water partition coefficient (Wildman–Crippen LogP) is 1.19. The minimum atomic E-state index is -0.799. The van der Waals surface area contributed by atoms with E-state index >= 15 is 0 Å². The molecule has 0 saturated carbocycles. The second-order valence-electron chi connectivity index (χ2n) is 4.00. The van der Waals surface area contributed by atoms with Crippen molar-refractivity contribution in [2.75, 3.05) is 0 Å². The number of aliphatic hydroxyl groups is 1. The van der Waals surface area contributed by atoms with E-state index in [0.717, 1.165) is 0 Å². The maximum Gasteiger partial charge on any atom is 0.0852 e. The lowest BCUT2D eigenvalue weighted by Crippen LogP contribution is -2.47. The molecule has 1 N–H and O–H groups in total. The van der Waals surface area contributed by atoms with Crippen LogP contribution in [0.2, 0.25) is 0 Å². The molecule has 1 radical (unpaired) electrons. The van der Waals surface area contributed by atoms with Crippen molar-refractivity contribution in [3.05, 3.63) is 18.5 Å². The van der Waals surface area contributed by atoms with Crippen LogP contribution in [0, 0.1) is 6.07 Å². The Morgan fingerprint density at radius 2 is 1.92 bits per heavy atom. The van der Waals surface area contributed by atoms with Crippen LogP contribution in [0.5, 0.6) is 0 Å². The van der Waals surface area contributed by atoms with Gasteiger partial charge in [0.15, 0.2) is 0 Å². The van der Waals surface area contributed by atoms with Gasteiger partial charge >= 0.3 is 0 Å². The monoisotopic (exact) mass is 167 g/mol. The first kappa shape index (κ1) is 9.26. The first-order chi connectivity index (χ1) is 5.36. The number of nitrogens with zero attached hydrogens (tertiary/aromatic N) is 2. The first-order valence-corrected chi connectivity index (χ1v) is 3.99. The van der Waals surface area contributed by atoms with Crippen molar-refractivity contribution in [3.8, 4) is 0 Å². The molecule has 0 amide bonds. The fourth-order valence-corrected chi connectivity index (χ4v) is 0.819. The Morgan fingerprint density at radius 1 is 1.33 bits per heavy atom.